The lowest BCUT2D eigenvalue weighted by atomic mass is 10.1. The van der Waals surface area contributed by atoms with Crippen molar-refractivity contribution in [2.75, 3.05) is 6.61 Å². The highest BCUT2D eigenvalue weighted by atomic mass is 79.9. The molecule has 2 nitrogen and oxygen atoms in total. The summed E-state index contributed by atoms with van der Waals surface area (Å²) in [6, 6.07) is 6.06. The third-order valence-electron chi connectivity index (χ3n) is 2.95. The Morgan fingerprint density at radius 1 is 1.50 bits per heavy atom. The van der Waals surface area contributed by atoms with E-state index in [1.165, 1.54) is 19.3 Å². The smallest absolute Gasteiger partial charge is 0.125 e. The quantitative estimate of drug-likeness (QED) is 0.895. The molecule has 1 aliphatic rings. The lowest BCUT2D eigenvalue weighted by Crippen LogP contribution is -2.08. The van der Waals surface area contributed by atoms with Crippen molar-refractivity contribution in [2.24, 2.45) is 11.7 Å². The van der Waals surface area contributed by atoms with E-state index in [0.717, 1.165) is 28.3 Å². The minimum atomic E-state index is 0.0176. The van der Waals surface area contributed by atoms with E-state index in [1.54, 1.807) is 0 Å². The highest BCUT2D eigenvalue weighted by Crippen LogP contribution is 2.33. The Morgan fingerprint density at radius 3 is 2.88 bits per heavy atom. The molecule has 0 aliphatic heterocycles. The summed E-state index contributed by atoms with van der Waals surface area (Å²) in [5, 5.41) is 0. The van der Waals surface area contributed by atoms with Crippen molar-refractivity contribution in [2.45, 2.75) is 32.2 Å². The average Bonchev–Trinajstić information content (AvgIpc) is 3.01. The van der Waals surface area contributed by atoms with Crippen LogP contribution in [-0.4, -0.2) is 6.61 Å². The summed E-state index contributed by atoms with van der Waals surface area (Å²) in [5.41, 5.74) is 7.00. The molecule has 3 heteroatoms. The van der Waals surface area contributed by atoms with Crippen LogP contribution in [-0.2, 0) is 0 Å². The number of benzene rings is 1. The van der Waals surface area contributed by atoms with Crippen LogP contribution >= 0.6 is 15.9 Å². The van der Waals surface area contributed by atoms with Crippen molar-refractivity contribution in [1.82, 2.24) is 0 Å². The van der Waals surface area contributed by atoms with Crippen LogP contribution in [0.15, 0.2) is 22.7 Å². The average molecular weight is 284 g/mol. The molecule has 88 valence electrons. The molecule has 1 aromatic carbocycles. The van der Waals surface area contributed by atoms with Crippen LogP contribution in [0.2, 0.25) is 0 Å². The topological polar surface area (TPSA) is 35.2 Å². The Morgan fingerprint density at radius 2 is 2.25 bits per heavy atom. The summed E-state index contributed by atoms with van der Waals surface area (Å²) in [6.45, 7) is 2.79. The normalized spacial score (nSPS) is 17.2. The maximum absolute atomic E-state index is 5.91. The lowest BCUT2D eigenvalue weighted by Gasteiger charge is -2.14. The summed E-state index contributed by atoms with van der Waals surface area (Å²) in [4.78, 5) is 0. The van der Waals surface area contributed by atoms with E-state index in [1.807, 2.05) is 25.1 Å². The highest BCUT2D eigenvalue weighted by molar-refractivity contribution is 9.10. The zero-order valence-corrected chi connectivity index (χ0v) is 11.2. The molecular formula is C13H18BrNO. The van der Waals surface area contributed by atoms with Crippen molar-refractivity contribution < 1.29 is 4.74 Å². The van der Waals surface area contributed by atoms with Gasteiger partial charge in [-0.3, -0.25) is 0 Å². The predicted octanol–water partition coefficient (Wildman–Crippen LogP) is 3.65. The second-order valence-corrected chi connectivity index (χ2v) is 5.47. The third kappa shape index (κ3) is 3.22. The molecule has 0 aromatic heterocycles. The number of hydrogen-bond acceptors (Lipinski definition) is 2. The number of halogens is 1. The van der Waals surface area contributed by atoms with Crippen molar-refractivity contribution >= 4 is 15.9 Å². The molecular weight excluding hydrogens is 266 g/mol. The van der Waals surface area contributed by atoms with Crippen LogP contribution in [0, 0.1) is 5.92 Å². The first kappa shape index (κ1) is 11.9. The van der Waals surface area contributed by atoms with Gasteiger partial charge >= 0.3 is 0 Å². The van der Waals surface area contributed by atoms with E-state index < -0.39 is 0 Å². The molecule has 1 fully saturated rings. The van der Waals surface area contributed by atoms with E-state index in [2.05, 4.69) is 15.9 Å². The summed E-state index contributed by atoms with van der Waals surface area (Å²) in [6.07, 6.45) is 3.93. The first-order valence-corrected chi connectivity index (χ1v) is 6.64. The summed E-state index contributed by atoms with van der Waals surface area (Å²) in [5.74, 6) is 1.83. The van der Waals surface area contributed by atoms with Crippen LogP contribution in [0.3, 0.4) is 0 Å². The Hall–Kier alpha value is -0.540. The molecule has 1 atom stereocenters. The molecule has 2 rings (SSSR count). The van der Waals surface area contributed by atoms with Gasteiger partial charge in [0.25, 0.3) is 0 Å². The fourth-order valence-corrected chi connectivity index (χ4v) is 2.09. The highest BCUT2D eigenvalue weighted by Gasteiger charge is 2.21. The molecule has 16 heavy (non-hydrogen) atoms. The van der Waals surface area contributed by atoms with Crippen LogP contribution in [0.5, 0.6) is 5.75 Å². The van der Waals surface area contributed by atoms with E-state index in [0.29, 0.717) is 0 Å². The molecule has 1 saturated carbocycles. The van der Waals surface area contributed by atoms with Gasteiger partial charge in [-0.05, 0) is 31.4 Å². The van der Waals surface area contributed by atoms with Crippen molar-refractivity contribution in [3.8, 4) is 5.75 Å². The van der Waals surface area contributed by atoms with Gasteiger partial charge in [0.15, 0.2) is 0 Å². The van der Waals surface area contributed by atoms with Gasteiger partial charge in [-0.15, -0.1) is 0 Å². The SMILES string of the molecule is CC(N)c1ccc(Br)cc1OCCC1CC1. The van der Waals surface area contributed by atoms with E-state index in [4.69, 9.17) is 10.5 Å². The van der Waals surface area contributed by atoms with Gasteiger partial charge in [0.1, 0.15) is 5.75 Å². The molecule has 1 unspecified atom stereocenters. The molecule has 1 aliphatic carbocycles. The first-order valence-electron chi connectivity index (χ1n) is 5.84. The van der Waals surface area contributed by atoms with Crippen LogP contribution < -0.4 is 10.5 Å². The van der Waals surface area contributed by atoms with Crippen LogP contribution in [0.25, 0.3) is 0 Å². The number of ether oxygens (including phenoxy) is 1. The Balaban J connectivity index is 2.00. The summed E-state index contributed by atoms with van der Waals surface area (Å²) in [7, 11) is 0. The van der Waals surface area contributed by atoms with Gasteiger partial charge in [-0.1, -0.05) is 34.8 Å². The summed E-state index contributed by atoms with van der Waals surface area (Å²) >= 11 is 3.46. The lowest BCUT2D eigenvalue weighted by molar-refractivity contribution is 0.298. The van der Waals surface area contributed by atoms with Gasteiger partial charge in [0.2, 0.25) is 0 Å². The van der Waals surface area contributed by atoms with Gasteiger partial charge in [0, 0.05) is 16.1 Å². The summed E-state index contributed by atoms with van der Waals surface area (Å²) < 4.78 is 6.86. The molecule has 0 amide bonds. The molecule has 0 bridgehead atoms. The zero-order chi connectivity index (χ0) is 11.5. The second kappa shape index (κ2) is 5.19. The van der Waals surface area contributed by atoms with Gasteiger partial charge in [-0.2, -0.15) is 0 Å². The maximum Gasteiger partial charge on any atom is 0.125 e. The van der Waals surface area contributed by atoms with Gasteiger partial charge in [0.05, 0.1) is 6.61 Å². The minimum Gasteiger partial charge on any atom is -0.493 e. The Kier molecular flexibility index (Phi) is 3.87. The van der Waals surface area contributed by atoms with Crippen LogP contribution in [0.4, 0.5) is 0 Å². The van der Waals surface area contributed by atoms with Crippen molar-refractivity contribution in [1.29, 1.82) is 0 Å². The standard InChI is InChI=1S/C13H18BrNO/c1-9(15)12-5-4-11(14)8-13(12)16-7-6-10-2-3-10/h4-5,8-10H,2-3,6-7,15H2,1H3. The van der Waals surface area contributed by atoms with Crippen LogP contribution in [0.1, 0.15) is 37.8 Å². The minimum absolute atomic E-state index is 0.0176. The van der Waals surface area contributed by atoms with E-state index >= 15 is 0 Å². The van der Waals surface area contributed by atoms with Crippen molar-refractivity contribution in [3.63, 3.8) is 0 Å². The second-order valence-electron chi connectivity index (χ2n) is 4.55. The van der Waals surface area contributed by atoms with Gasteiger partial charge in [-0.25, -0.2) is 0 Å². The fraction of sp³-hybridized carbons (Fsp3) is 0.538. The fourth-order valence-electron chi connectivity index (χ4n) is 1.75. The monoisotopic (exact) mass is 283 g/mol. The molecule has 0 radical (unpaired) electrons. The number of rotatable bonds is 5. The Labute approximate surface area is 105 Å². The van der Waals surface area contributed by atoms with Crippen molar-refractivity contribution in [3.05, 3.63) is 28.2 Å². The first-order chi connectivity index (χ1) is 7.66. The molecule has 0 saturated heterocycles. The maximum atomic E-state index is 5.91. The van der Waals surface area contributed by atoms with E-state index in [9.17, 15) is 0 Å². The molecule has 1 aromatic rings. The number of nitrogens with two attached hydrogens (primary N) is 1. The van der Waals surface area contributed by atoms with Gasteiger partial charge < -0.3 is 10.5 Å². The van der Waals surface area contributed by atoms with E-state index in [-0.39, 0.29) is 6.04 Å². The molecule has 0 heterocycles. The Bertz CT molecular complexity index is 361. The molecule has 2 N–H and O–H groups in total. The molecule has 0 spiro atoms. The largest absolute Gasteiger partial charge is 0.493 e. The third-order valence-corrected chi connectivity index (χ3v) is 3.44. The predicted molar refractivity (Wildman–Crippen MR) is 69.6 cm³/mol. The zero-order valence-electron chi connectivity index (χ0n) is 9.58. The number of hydrogen-bond donors (Lipinski definition) is 1.